The number of ether oxygens (including phenoxy) is 1. The Bertz CT molecular complexity index is 1170. The molecule has 0 spiro atoms. The van der Waals surface area contributed by atoms with Crippen LogP contribution in [0.15, 0.2) is 30.3 Å². The predicted molar refractivity (Wildman–Crippen MR) is 150 cm³/mol. The molecule has 10 nitrogen and oxygen atoms in total. The molecule has 1 aromatic rings. The average molecular weight is 555 g/mol. The van der Waals surface area contributed by atoms with Gasteiger partial charge in [0.05, 0.1) is 6.42 Å². The number of likely N-dealkylation sites (tertiary alicyclic amines) is 1. The lowest BCUT2D eigenvalue weighted by Gasteiger charge is -2.30. The summed E-state index contributed by atoms with van der Waals surface area (Å²) in [7, 11) is 0. The van der Waals surface area contributed by atoms with Gasteiger partial charge in [-0.05, 0) is 63.2 Å². The van der Waals surface area contributed by atoms with E-state index in [9.17, 15) is 24.0 Å². The van der Waals surface area contributed by atoms with E-state index in [4.69, 9.17) is 10.5 Å². The molecule has 4 amide bonds. The Morgan fingerprint density at radius 3 is 2.45 bits per heavy atom. The third-order valence-electron chi connectivity index (χ3n) is 7.22. The van der Waals surface area contributed by atoms with E-state index in [1.807, 2.05) is 30.3 Å². The maximum absolute atomic E-state index is 13.9. The summed E-state index contributed by atoms with van der Waals surface area (Å²) in [4.78, 5) is 65.7. The minimum atomic E-state index is -0.947. The monoisotopic (exact) mass is 554 g/mol. The number of nitrogens with two attached hydrogens (primary N) is 1. The topological polar surface area (TPSA) is 148 Å². The number of nitrogens with one attached hydrogen (secondary N) is 2. The fourth-order valence-corrected chi connectivity index (χ4v) is 5.15. The van der Waals surface area contributed by atoms with Gasteiger partial charge in [-0.1, -0.05) is 44.2 Å². The second-order valence-electron chi connectivity index (χ2n) is 11.6. The maximum Gasteiger partial charge on any atom is 0.307 e. The van der Waals surface area contributed by atoms with E-state index >= 15 is 0 Å². The number of primary amides is 1. The fourth-order valence-electron chi connectivity index (χ4n) is 5.15. The van der Waals surface area contributed by atoms with Crippen molar-refractivity contribution in [2.24, 2.45) is 11.7 Å². The Hall–Kier alpha value is -3.69. The number of amides is 4. The summed E-state index contributed by atoms with van der Waals surface area (Å²) in [6, 6.07) is 5.36. The van der Waals surface area contributed by atoms with Crippen molar-refractivity contribution in [3.8, 4) is 0 Å². The highest BCUT2D eigenvalue weighted by molar-refractivity contribution is 5.96. The Morgan fingerprint density at radius 1 is 1.10 bits per heavy atom. The zero-order valence-corrected chi connectivity index (χ0v) is 24.1. The van der Waals surface area contributed by atoms with Crippen LogP contribution in [-0.2, 0) is 35.1 Å². The van der Waals surface area contributed by atoms with Gasteiger partial charge < -0.3 is 26.0 Å². The second-order valence-corrected chi connectivity index (χ2v) is 11.6. The van der Waals surface area contributed by atoms with Crippen molar-refractivity contribution in [3.05, 3.63) is 41.5 Å². The number of esters is 1. The average Bonchev–Trinajstić information content (AvgIpc) is 3.52. The zero-order valence-electron chi connectivity index (χ0n) is 24.1. The number of hydrogen-bond donors (Lipinski definition) is 3. The Labute approximate surface area is 236 Å². The summed E-state index contributed by atoms with van der Waals surface area (Å²) < 4.78 is 5.36. The van der Waals surface area contributed by atoms with E-state index in [0.717, 1.165) is 23.1 Å². The molecule has 4 N–H and O–H groups in total. The first-order valence-electron chi connectivity index (χ1n) is 14.0. The van der Waals surface area contributed by atoms with Gasteiger partial charge in [0.25, 0.3) is 0 Å². The normalized spacial score (nSPS) is 18.7. The summed E-state index contributed by atoms with van der Waals surface area (Å²) in [5.74, 6) is -3.13. The molecule has 0 aromatic heterocycles. The van der Waals surface area contributed by atoms with Crippen LogP contribution in [0.1, 0.15) is 77.8 Å². The Morgan fingerprint density at radius 2 is 1.80 bits per heavy atom. The van der Waals surface area contributed by atoms with Crippen LogP contribution >= 0.6 is 0 Å². The molecule has 0 radical (unpaired) electrons. The lowest BCUT2D eigenvalue weighted by molar-refractivity contribution is -0.157. The van der Waals surface area contributed by atoms with Gasteiger partial charge in [0, 0.05) is 18.9 Å². The number of fused-ring (bicyclic) bond motifs is 1. The Kier molecular flexibility index (Phi) is 10.1. The molecule has 1 heterocycles. The van der Waals surface area contributed by atoms with Crippen LogP contribution in [0.3, 0.4) is 0 Å². The molecule has 2 aliphatic rings. The molecular formula is C30H42N4O6. The van der Waals surface area contributed by atoms with Crippen LogP contribution in [0.2, 0.25) is 0 Å². The minimum Gasteiger partial charge on any atom is -0.460 e. The van der Waals surface area contributed by atoms with Gasteiger partial charge in [-0.3, -0.25) is 24.0 Å². The second kappa shape index (κ2) is 13.1. The molecule has 4 atom stereocenters. The molecule has 0 bridgehead atoms. The molecule has 218 valence electrons. The molecule has 1 saturated heterocycles. The van der Waals surface area contributed by atoms with Crippen molar-refractivity contribution >= 4 is 35.2 Å². The number of hydrogen-bond acceptors (Lipinski definition) is 6. The first kappa shape index (κ1) is 30.8. The number of carbonyl (C=O) groups excluding carboxylic acids is 5. The number of carbonyl (C=O) groups is 5. The van der Waals surface area contributed by atoms with Crippen molar-refractivity contribution in [1.29, 1.82) is 0 Å². The van der Waals surface area contributed by atoms with Crippen molar-refractivity contribution in [3.63, 3.8) is 0 Å². The number of nitrogens with zero attached hydrogens (tertiary/aromatic N) is 1. The van der Waals surface area contributed by atoms with Gasteiger partial charge in [-0.25, -0.2) is 0 Å². The summed E-state index contributed by atoms with van der Waals surface area (Å²) in [6.45, 7) is 8.97. The van der Waals surface area contributed by atoms with Crippen LogP contribution in [0, 0.1) is 5.92 Å². The third kappa shape index (κ3) is 7.92. The smallest absolute Gasteiger partial charge is 0.307 e. The van der Waals surface area contributed by atoms with E-state index in [1.165, 1.54) is 4.90 Å². The van der Waals surface area contributed by atoms with Crippen LogP contribution in [-0.4, -0.2) is 64.8 Å². The van der Waals surface area contributed by atoms with E-state index in [0.29, 0.717) is 25.8 Å². The highest BCUT2D eigenvalue weighted by atomic mass is 16.6. The van der Waals surface area contributed by atoms with Crippen molar-refractivity contribution in [2.75, 3.05) is 6.54 Å². The van der Waals surface area contributed by atoms with E-state index in [-0.39, 0.29) is 18.7 Å². The predicted octanol–water partition coefficient (Wildman–Crippen LogP) is 2.24. The summed E-state index contributed by atoms with van der Waals surface area (Å²) in [5.41, 5.74) is 7.83. The molecule has 1 aliphatic carbocycles. The van der Waals surface area contributed by atoms with E-state index in [1.54, 1.807) is 34.6 Å². The number of rotatable bonds is 11. The largest absolute Gasteiger partial charge is 0.460 e. The minimum absolute atomic E-state index is 0.129. The molecule has 1 fully saturated rings. The first-order chi connectivity index (χ1) is 18.8. The fraction of sp³-hybridized carbons (Fsp3) is 0.567. The molecule has 3 rings (SSSR count). The van der Waals surface area contributed by atoms with Gasteiger partial charge in [0.2, 0.25) is 23.6 Å². The molecule has 0 unspecified atom stereocenters. The Balaban J connectivity index is 1.79. The van der Waals surface area contributed by atoms with Gasteiger partial charge in [0.1, 0.15) is 23.7 Å². The molecule has 0 saturated carbocycles. The van der Waals surface area contributed by atoms with Crippen molar-refractivity contribution in [1.82, 2.24) is 15.5 Å². The summed E-state index contributed by atoms with van der Waals surface area (Å²) >= 11 is 0. The molecular weight excluding hydrogens is 512 g/mol. The van der Waals surface area contributed by atoms with E-state index in [2.05, 4.69) is 10.6 Å². The molecule has 10 heteroatoms. The first-order valence-corrected chi connectivity index (χ1v) is 14.0. The maximum atomic E-state index is 13.9. The van der Waals surface area contributed by atoms with Crippen LogP contribution in [0.25, 0.3) is 5.57 Å². The molecule has 40 heavy (non-hydrogen) atoms. The van der Waals surface area contributed by atoms with Crippen molar-refractivity contribution in [2.45, 2.75) is 96.9 Å². The van der Waals surface area contributed by atoms with Crippen LogP contribution in [0.4, 0.5) is 0 Å². The lowest BCUT2D eigenvalue weighted by atomic mass is 9.97. The lowest BCUT2D eigenvalue weighted by Crippen LogP contribution is -2.56. The quantitative estimate of drug-likeness (QED) is 0.357. The van der Waals surface area contributed by atoms with Crippen LogP contribution in [0.5, 0.6) is 0 Å². The number of benzene rings is 1. The summed E-state index contributed by atoms with van der Waals surface area (Å²) in [6.07, 6.45) is 4.28. The van der Waals surface area contributed by atoms with Gasteiger partial charge in [0.15, 0.2) is 0 Å². The standard InChI is InChI=1S/C30H42N4O6/c1-6-22(26(31)36)32-28(38)24-12-9-15-34(24)29(39)23(17-20-14-13-19-10-7-8-11-21(19)20)33-27(37)18(2)16-25(35)40-30(3,4)5/h7-8,10-11,14,18,22-24H,6,9,12-13,15-17H2,1-5H3,(H2,31,36)(H,32,38)(H,33,37)/t18-,22-,23+,24-/m0/s1. The van der Waals surface area contributed by atoms with Gasteiger partial charge in [-0.15, -0.1) is 0 Å². The number of allylic oxidation sites excluding steroid dienone is 1. The van der Waals surface area contributed by atoms with Gasteiger partial charge in [-0.2, -0.15) is 0 Å². The van der Waals surface area contributed by atoms with Crippen molar-refractivity contribution < 1.29 is 28.7 Å². The van der Waals surface area contributed by atoms with E-state index < -0.39 is 53.3 Å². The molecule has 1 aromatic carbocycles. The highest BCUT2D eigenvalue weighted by Crippen LogP contribution is 2.31. The zero-order chi connectivity index (χ0) is 29.6. The highest BCUT2D eigenvalue weighted by Gasteiger charge is 2.39. The van der Waals surface area contributed by atoms with Crippen LogP contribution < -0.4 is 16.4 Å². The SMILES string of the molecule is CC[C@H](NC(=O)[C@@H]1CCCN1C(=O)[C@@H](CC1=CCc2ccccc21)NC(=O)[C@@H](C)CC(=O)OC(C)(C)C)C(N)=O. The molecule has 1 aliphatic heterocycles. The van der Waals surface area contributed by atoms with Gasteiger partial charge >= 0.3 is 5.97 Å². The summed E-state index contributed by atoms with van der Waals surface area (Å²) in [5, 5.41) is 5.52. The third-order valence-corrected chi connectivity index (χ3v) is 7.22.